The van der Waals surface area contributed by atoms with Crippen LogP contribution in [0.1, 0.15) is 50.2 Å². The predicted molar refractivity (Wildman–Crippen MR) is 139 cm³/mol. The molecule has 0 radical (unpaired) electrons. The SMILES string of the molecule is CCNC(=NCCCC(=O)N1CCc2ccccc2C1)N1CCC(CC(=O)NC)CC1.I. The number of likely N-dealkylation sites (tertiary alicyclic amines) is 1. The number of hydrogen-bond donors (Lipinski definition) is 2. The number of piperidine rings is 1. The van der Waals surface area contributed by atoms with Gasteiger partial charge < -0.3 is 20.4 Å². The molecule has 3 rings (SSSR count). The first-order chi connectivity index (χ1) is 15.1. The van der Waals surface area contributed by atoms with Gasteiger partial charge in [-0.1, -0.05) is 24.3 Å². The molecule has 2 N–H and O–H groups in total. The summed E-state index contributed by atoms with van der Waals surface area (Å²) in [6, 6.07) is 8.40. The summed E-state index contributed by atoms with van der Waals surface area (Å²) in [5, 5.41) is 6.10. The lowest BCUT2D eigenvalue weighted by Crippen LogP contribution is -2.46. The highest BCUT2D eigenvalue weighted by Gasteiger charge is 2.23. The van der Waals surface area contributed by atoms with Gasteiger partial charge in [-0.3, -0.25) is 14.6 Å². The summed E-state index contributed by atoms with van der Waals surface area (Å²) >= 11 is 0. The van der Waals surface area contributed by atoms with E-state index in [2.05, 4.69) is 40.7 Å². The molecule has 7 nitrogen and oxygen atoms in total. The van der Waals surface area contributed by atoms with Gasteiger partial charge in [0, 0.05) is 59.2 Å². The van der Waals surface area contributed by atoms with E-state index in [1.807, 2.05) is 11.0 Å². The van der Waals surface area contributed by atoms with Gasteiger partial charge in [0.25, 0.3) is 0 Å². The number of rotatable bonds is 7. The molecule has 178 valence electrons. The molecule has 1 aromatic carbocycles. The average Bonchev–Trinajstić information content (AvgIpc) is 2.81. The van der Waals surface area contributed by atoms with Crippen LogP contribution in [0, 0.1) is 5.92 Å². The highest BCUT2D eigenvalue weighted by atomic mass is 127. The first-order valence-corrected chi connectivity index (χ1v) is 11.7. The van der Waals surface area contributed by atoms with Gasteiger partial charge in [0.1, 0.15) is 0 Å². The maximum atomic E-state index is 12.6. The second-order valence-corrected chi connectivity index (χ2v) is 8.48. The highest BCUT2D eigenvalue weighted by Crippen LogP contribution is 2.21. The standard InChI is InChI=1S/C24H37N5O2.HI/c1-3-26-24(28-14-10-19(11-15-28)17-22(30)25-2)27-13-6-9-23(31)29-16-12-20-7-4-5-8-21(20)18-29;/h4-5,7-8,19H,3,6,9-18H2,1-2H3,(H,25,30)(H,26,27);1H. The Morgan fingerprint density at radius 1 is 1.09 bits per heavy atom. The Kier molecular flexibility index (Phi) is 11.3. The fraction of sp³-hybridized carbons (Fsp3) is 0.625. The van der Waals surface area contributed by atoms with Crippen LogP contribution >= 0.6 is 24.0 Å². The van der Waals surface area contributed by atoms with Crippen LogP contribution in [-0.2, 0) is 22.6 Å². The van der Waals surface area contributed by atoms with Gasteiger partial charge in [-0.25, -0.2) is 0 Å². The fourth-order valence-electron chi connectivity index (χ4n) is 4.42. The molecule has 0 aliphatic carbocycles. The topological polar surface area (TPSA) is 77.0 Å². The maximum Gasteiger partial charge on any atom is 0.222 e. The van der Waals surface area contributed by atoms with E-state index in [0.29, 0.717) is 25.3 Å². The largest absolute Gasteiger partial charge is 0.359 e. The van der Waals surface area contributed by atoms with Crippen molar-refractivity contribution in [2.75, 3.05) is 39.8 Å². The summed E-state index contributed by atoms with van der Waals surface area (Å²) < 4.78 is 0. The second kappa shape index (κ2) is 13.6. The minimum Gasteiger partial charge on any atom is -0.359 e. The number of carbonyl (C=O) groups is 2. The highest BCUT2D eigenvalue weighted by molar-refractivity contribution is 14.0. The van der Waals surface area contributed by atoms with E-state index in [1.165, 1.54) is 11.1 Å². The molecule has 8 heteroatoms. The molecule has 0 atom stereocenters. The van der Waals surface area contributed by atoms with E-state index in [-0.39, 0.29) is 35.8 Å². The van der Waals surface area contributed by atoms with Gasteiger partial charge in [0.2, 0.25) is 11.8 Å². The number of hydrogen-bond acceptors (Lipinski definition) is 3. The number of nitrogens with zero attached hydrogens (tertiary/aromatic N) is 3. The van der Waals surface area contributed by atoms with Crippen LogP contribution in [0.5, 0.6) is 0 Å². The molecular formula is C24H38IN5O2. The van der Waals surface area contributed by atoms with E-state index < -0.39 is 0 Å². The molecule has 0 spiro atoms. The third kappa shape index (κ3) is 7.64. The number of aliphatic imine (C=N–C) groups is 1. The monoisotopic (exact) mass is 555 g/mol. The fourth-order valence-corrected chi connectivity index (χ4v) is 4.42. The summed E-state index contributed by atoms with van der Waals surface area (Å²) in [6.45, 7) is 6.92. The van der Waals surface area contributed by atoms with Crippen LogP contribution in [0.3, 0.4) is 0 Å². The lowest BCUT2D eigenvalue weighted by atomic mass is 9.93. The number of carbonyl (C=O) groups excluding carboxylic acids is 2. The van der Waals surface area contributed by atoms with Crippen molar-refractivity contribution in [3.63, 3.8) is 0 Å². The Bertz CT molecular complexity index is 777. The minimum absolute atomic E-state index is 0. The Balaban J connectivity index is 0.00000363. The van der Waals surface area contributed by atoms with E-state index in [0.717, 1.165) is 64.4 Å². The first-order valence-electron chi connectivity index (χ1n) is 11.7. The minimum atomic E-state index is 0. The number of guanidine groups is 1. The first kappa shape index (κ1) is 26.4. The quantitative estimate of drug-likeness (QED) is 0.235. The lowest BCUT2D eigenvalue weighted by molar-refractivity contribution is -0.132. The van der Waals surface area contributed by atoms with Gasteiger partial charge in [-0.2, -0.15) is 0 Å². The van der Waals surface area contributed by atoms with E-state index in [1.54, 1.807) is 7.05 Å². The van der Waals surface area contributed by atoms with Crippen LogP contribution in [0.25, 0.3) is 0 Å². The van der Waals surface area contributed by atoms with Crippen molar-refractivity contribution in [3.05, 3.63) is 35.4 Å². The Morgan fingerprint density at radius 2 is 1.81 bits per heavy atom. The zero-order chi connectivity index (χ0) is 22.1. The molecule has 0 saturated carbocycles. The Morgan fingerprint density at radius 3 is 2.50 bits per heavy atom. The molecule has 0 bridgehead atoms. The van der Waals surface area contributed by atoms with Crippen LogP contribution in [0.15, 0.2) is 29.3 Å². The van der Waals surface area contributed by atoms with Gasteiger partial charge in [-0.05, 0) is 49.7 Å². The number of nitrogens with one attached hydrogen (secondary N) is 2. The maximum absolute atomic E-state index is 12.6. The van der Waals surface area contributed by atoms with Crippen LogP contribution < -0.4 is 10.6 Å². The van der Waals surface area contributed by atoms with Gasteiger partial charge in [0.15, 0.2) is 5.96 Å². The predicted octanol–water partition coefficient (Wildman–Crippen LogP) is 2.78. The molecular weight excluding hydrogens is 517 g/mol. The second-order valence-electron chi connectivity index (χ2n) is 8.48. The molecule has 0 unspecified atom stereocenters. The van der Waals surface area contributed by atoms with Crippen LogP contribution in [0.2, 0.25) is 0 Å². The molecule has 1 aromatic rings. The molecule has 2 aliphatic heterocycles. The summed E-state index contributed by atoms with van der Waals surface area (Å²) in [4.78, 5) is 33.3. The van der Waals surface area contributed by atoms with Crippen LogP contribution in [0.4, 0.5) is 0 Å². The van der Waals surface area contributed by atoms with Crippen molar-refractivity contribution in [2.45, 2.75) is 52.0 Å². The van der Waals surface area contributed by atoms with Crippen molar-refractivity contribution < 1.29 is 9.59 Å². The molecule has 0 aromatic heterocycles. The zero-order valence-electron chi connectivity index (χ0n) is 19.4. The third-order valence-corrected chi connectivity index (χ3v) is 6.30. The average molecular weight is 556 g/mol. The smallest absolute Gasteiger partial charge is 0.222 e. The Hall–Kier alpha value is -1.84. The Labute approximate surface area is 209 Å². The van der Waals surface area contributed by atoms with Gasteiger partial charge >= 0.3 is 0 Å². The molecule has 1 saturated heterocycles. The number of benzene rings is 1. The van der Waals surface area contributed by atoms with Crippen LogP contribution in [-0.4, -0.2) is 67.3 Å². The third-order valence-electron chi connectivity index (χ3n) is 6.30. The van der Waals surface area contributed by atoms with Crippen molar-refractivity contribution in [3.8, 4) is 0 Å². The zero-order valence-corrected chi connectivity index (χ0v) is 21.8. The van der Waals surface area contributed by atoms with E-state index in [4.69, 9.17) is 4.99 Å². The summed E-state index contributed by atoms with van der Waals surface area (Å²) in [7, 11) is 1.70. The van der Waals surface area contributed by atoms with E-state index in [9.17, 15) is 9.59 Å². The van der Waals surface area contributed by atoms with Gasteiger partial charge in [0.05, 0.1) is 0 Å². The van der Waals surface area contributed by atoms with Crippen molar-refractivity contribution in [2.24, 2.45) is 10.9 Å². The molecule has 2 amide bonds. The molecule has 2 aliphatic rings. The number of fused-ring (bicyclic) bond motifs is 1. The molecule has 32 heavy (non-hydrogen) atoms. The van der Waals surface area contributed by atoms with E-state index >= 15 is 0 Å². The molecule has 1 fully saturated rings. The number of amides is 2. The lowest BCUT2D eigenvalue weighted by Gasteiger charge is -2.34. The number of halogens is 1. The molecule has 2 heterocycles. The normalized spacial score (nSPS) is 16.8. The summed E-state index contributed by atoms with van der Waals surface area (Å²) in [6.07, 6.45) is 4.87. The van der Waals surface area contributed by atoms with Crippen molar-refractivity contribution in [1.82, 2.24) is 20.4 Å². The van der Waals surface area contributed by atoms with Crippen molar-refractivity contribution in [1.29, 1.82) is 0 Å². The van der Waals surface area contributed by atoms with Gasteiger partial charge in [-0.15, -0.1) is 24.0 Å². The summed E-state index contributed by atoms with van der Waals surface area (Å²) in [5.41, 5.74) is 2.64. The summed E-state index contributed by atoms with van der Waals surface area (Å²) in [5.74, 6) is 1.73. The van der Waals surface area contributed by atoms with Crippen molar-refractivity contribution >= 4 is 41.8 Å².